The van der Waals surface area contributed by atoms with Crippen molar-refractivity contribution < 1.29 is 0 Å². The van der Waals surface area contributed by atoms with E-state index in [0.29, 0.717) is 5.69 Å². The van der Waals surface area contributed by atoms with Crippen LogP contribution in [-0.2, 0) is 7.05 Å². The highest BCUT2D eigenvalue weighted by Gasteiger charge is 2.08. The maximum absolute atomic E-state index is 5.73. The lowest BCUT2D eigenvalue weighted by atomic mass is 10.3. The minimum absolute atomic E-state index is 0.626. The van der Waals surface area contributed by atoms with Gasteiger partial charge in [0.05, 0.1) is 17.6 Å². The van der Waals surface area contributed by atoms with Crippen molar-refractivity contribution >= 4 is 5.69 Å². The second kappa shape index (κ2) is 2.85. The summed E-state index contributed by atoms with van der Waals surface area (Å²) in [6, 6.07) is 1.80. The third kappa shape index (κ3) is 1.24. The molecule has 0 spiro atoms. The van der Waals surface area contributed by atoms with Gasteiger partial charge in [-0.1, -0.05) is 0 Å². The molecule has 0 saturated heterocycles. The molecule has 66 valence electrons. The van der Waals surface area contributed by atoms with Crippen LogP contribution < -0.4 is 5.73 Å². The Morgan fingerprint density at radius 3 is 2.85 bits per heavy atom. The van der Waals surface area contributed by atoms with Crippen LogP contribution in [0.2, 0.25) is 0 Å². The zero-order valence-corrected chi connectivity index (χ0v) is 7.18. The summed E-state index contributed by atoms with van der Waals surface area (Å²) in [6.45, 7) is 0. The van der Waals surface area contributed by atoms with Gasteiger partial charge in [0, 0.05) is 13.2 Å². The first-order chi connectivity index (χ1) is 6.29. The number of nitrogens with two attached hydrogens (primary N) is 1. The largest absolute Gasteiger partial charge is 0.396 e. The van der Waals surface area contributed by atoms with E-state index in [4.69, 9.17) is 5.73 Å². The van der Waals surface area contributed by atoms with Crippen LogP contribution in [0.1, 0.15) is 0 Å². The van der Waals surface area contributed by atoms with Crippen molar-refractivity contribution in [1.29, 1.82) is 0 Å². The first-order valence-corrected chi connectivity index (χ1v) is 3.83. The minimum atomic E-state index is 0.626. The number of nitrogen functional groups attached to an aromatic ring is 1. The van der Waals surface area contributed by atoms with E-state index < -0.39 is 0 Å². The first kappa shape index (κ1) is 7.72. The van der Waals surface area contributed by atoms with Crippen molar-refractivity contribution in [1.82, 2.24) is 19.7 Å². The van der Waals surface area contributed by atoms with E-state index >= 15 is 0 Å². The van der Waals surface area contributed by atoms with Crippen LogP contribution in [0, 0.1) is 0 Å². The van der Waals surface area contributed by atoms with Crippen molar-refractivity contribution in [3.8, 4) is 11.4 Å². The van der Waals surface area contributed by atoms with Crippen molar-refractivity contribution in [2.24, 2.45) is 7.05 Å². The van der Waals surface area contributed by atoms with Crippen LogP contribution in [0.5, 0.6) is 0 Å². The molecule has 5 heteroatoms. The van der Waals surface area contributed by atoms with Crippen LogP contribution in [0.4, 0.5) is 5.69 Å². The fraction of sp³-hybridized carbons (Fsp3) is 0.125. The Labute approximate surface area is 75.2 Å². The highest BCUT2D eigenvalue weighted by molar-refractivity contribution is 5.68. The van der Waals surface area contributed by atoms with Gasteiger partial charge in [0.25, 0.3) is 0 Å². The Kier molecular flexibility index (Phi) is 1.70. The topological polar surface area (TPSA) is 69.6 Å². The molecule has 0 radical (unpaired) electrons. The SMILES string of the molecule is Cn1ncc(N)c1-c1ccncn1. The van der Waals surface area contributed by atoms with Gasteiger partial charge in [-0.15, -0.1) is 0 Å². The number of aromatic nitrogens is 4. The Morgan fingerprint density at radius 2 is 2.31 bits per heavy atom. The third-order valence-corrected chi connectivity index (χ3v) is 1.79. The number of hydrogen-bond donors (Lipinski definition) is 1. The van der Waals surface area contributed by atoms with Gasteiger partial charge < -0.3 is 5.73 Å². The third-order valence-electron chi connectivity index (χ3n) is 1.79. The molecule has 2 rings (SSSR count). The lowest BCUT2D eigenvalue weighted by Gasteiger charge is -2.00. The maximum Gasteiger partial charge on any atom is 0.116 e. The molecule has 13 heavy (non-hydrogen) atoms. The molecule has 0 bridgehead atoms. The van der Waals surface area contributed by atoms with Gasteiger partial charge in [-0.2, -0.15) is 5.10 Å². The normalized spacial score (nSPS) is 10.2. The van der Waals surface area contributed by atoms with E-state index in [1.165, 1.54) is 6.33 Å². The predicted molar refractivity (Wildman–Crippen MR) is 48.6 cm³/mol. The van der Waals surface area contributed by atoms with E-state index in [1.807, 2.05) is 7.05 Å². The fourth-order valence-electron chi connectivity index (χ4n) is 1.20. The second-order valence-corrected chi connectivity index (χ2v) is 2.67. The van der Waals surface area contributed by atoms with Gasteiger partial charge in [0.1, 0.15) is 12.0 Å². The lowest BCUT2D eigenvalue weighted by molar-refractivity contribution is 0.773. The molecule has 0 fully saturated rings. The minimum Gasteiger partial charge on any atom is -0.396 e. The van der Waals surface area contributed by atoms with Gasteiger partial charge in [-0.05, 0) is 6.07 Å². The van der Waals surface area contributed by atoms with Crippen molar-refractivity contribution in [3.63, 3.8) is 0 Å². The van der Waals surface area contributed by atoms with Crippen LogP contribution in [0.3, 0.4) is 0 Å². The van der Waals surface area contributed by atoms with Crippen LogP contribution in [-0.4, -0.2) is 19.7 Å². The maximum atomic E-state index is 5.73. The van der Waals surface area contributed by atoms with E-state index in [9.17, 15) is 0 Å². The molecule has 0 saturated carbocycles. The van der Waals surface area contributed by atoms with Crippen LogP contribution in [0.15, 0.2) is 24.8 Å². The van der Waals surface area contributed by atoms with Crippen LogP contribution in [0.25, 0.3) is 11.4 Å². The summed E-state index contributed by atoms with van der Waals surface area (Å²) in [5, 5.41) is 4.02. The first-order valence-electron chi connectivity index (χ1n) is 3.83. The molecule has 2 aromatic heterocycles. The highest BCUT2D eigenvalue weighted by atomic mass is 15.3. The molecule has 0 amide bonds. The van der Waals surface area contributed by atoms with E-state index in [0.717, 1.165) is 11.4 Å². The summed E-state index contributed by atoms with van der Waals surface area (Å²) < 4.78 is 1.69. The van der Waals surface area contributed by atoms with E-state index in [1.54, 1.807) is 23.1 Å². The summed E-state index contributed by atoms with van der Waals surface area (Å²) in [6.07, 6.45) is 4.77. The predicted octanol–water partition coefficient (Wildman–Crippen LogP) is 0.459. The van der Waals surface area contributed by atoms with Gasteiger partial charge in [0.2, 0.25) is 0 Å². The molecular weight excluding hydrogens is 166 g/mol. The zero-order chi connectivity index (χ0) is 9.26. The number of hydrogen-bond acceptors (Lipinski definition) is 4. The summed E-state index contributed by atoms with van der Waals surface area (Å²) in [5.74, 6) is 0. The Bertz CT molecular complexity index is 386. The molecule has 0 aromatic carbocycles. The van der Waals surface area contributed by atoms with Gasteiger partial charge in [0.15, 0.2) is 0 Å². The fourth-order valence-corrected chi connectivity index (χ4v) is 1.20. The zero-order valence-electron chi connectivity index (χ0n) is 7.18. The van der Waals surface area contributed by atoms with Crippen molar-refractivity contribution in [2.45, 2.75) is 0 Å². The molecule has 2 aromatic rings. The average molecular weight is 175 g/mol. The van der Waals surface area contributed by atoms with Crippen molar-refractivity contribution in [2.75, 3.05) is 5.73 Å². The highest BCUT2D eigenvalue weighted by Crippen LogP contribution is 2.21. The van der Waals surface area contributed by atoms with Crippen LogP contribution >= 0.6 is 0 Å². The number of aryl methyl sites for hydroxylation is 1. The van der Waals surface area contributed by atoms with Crippen molar-refractivity contribution in [3.05, 3.63) is 24.8 Å². The number of nitrogens with zero attached hydrogens (tertiary/aromatic N) is 4. The molecule has 0 aliphatic carbocycles. The molecule has 0 aliphatic rings. The summed E-state index contributed by atoms with van der Waals surface area (Å²) in [4.78, 5) is 7.92. The standard InChI is InChI=1S/C8H9N5/c1-13-8(6(9)4-12-13)7-2-3-10-5-11-7/h2-5H,9H2,1H3. The molecule has 0 unspecified atom stereocenters. The lowest BCUT2D eigenvalue weighted by Crippen LogP contribution is -1.97. The molecule has 2 heterocycles. The number of rotatable bonds is 1. The van der Waals surface area contributed by atoms with E-state index in [2.05, 4.69) is 15.1 Å². The quantitative estimate of drug-likeness (QED) is 0.683. The van der Waals surface area contributed by atoms with E-state index in [-0.39, 0.29) is 0 Å². The number of anilines is 1. The Hall–Kier alpha value is -1.91. The molecule has 0 aliphatic heterocycles. The summed E-state index contributed by atoms with van der Waals surface area (Å²) in [5.41, 5.74) is 7.96. The summed E-state index contributed by atoms with van der Waals surface area (Å²) >= 11 is 0. The van der Waals surface area contributed by atoms with Gasteiger partial charge >= 0.3 is 0 Å². The average Bonchev–Trinajstić information content (AvgIpc) is 2.48. The molecular formula is C8H9N5. The Morgan fingerprint density at radius 1 is 1.46 bits per heavy atom. The smallest absolute Gasteiger partial charge is 0.116 e. The molecule has 2 N–H and O–H groups in total. The Balaban J connectivity index is 2.59. The van der Waals surface area contributed by atoms with Gasteiger partial charge in [-0.25, -0.2) is 9.97 Å². The molecule has 5 nitrogen and oxygen atoms in total. The summed E-state index contributed by atoms with van der Waals surface area (Å²) in [7, 11) is 1.83. The molecule has 0 atom stereocenters. The second-order valence-electron chi connectivity index (χ2n) is 2.67. The monoisotopic (exact) mass is 175 g/mol. The van der Waals surface area contributed by atoms with Gasteiger partial charge in [-0.3, -0.25) is 4.68 Å².